The number of hydrogen-bond donors (Lipinski definition) is 1. The molecule has 1 amide bonds. The molecular weight excluding hydrogens is 276 g/mol. The van der Waals surface area contributed by atoms with Gasteiger partial charge in [-0.15, -0.1) is 11.3 Å². The van der Waals surface area contributed by atoms with Crippen molar-refractivity contribution in [3.63, 3.8) is 0 Å². The molecule has 0 unspecified atom stereocenters. The molecular formula is C10H14N2O4S2. The summed E-state index contributed by atoms with van der Waals surface area (Å²) in [6.07, 6.45) is 0. The second-order valence-electron chi connectivity index (χ2n) is 3.76. The number of amides is 1. The van der Waals surface area contributed by atoms with Crippen LogP contribution in [0.1, 0.15) is 0 Å². The van der Waals surface area contributed by atoms with E-state index in [9.17, 15) is 13.2 Å². The van der Waals surface area contributed by atoms with Gasteiger partial charge in [0.2, 0.25) is 15.9 Å². The summed E-state index contributed by atoms with van der Waals surface area (Å²) in [5.74, 6) is -0.100. The van der Waals surface area contributed by atoms with Gasteiger partial charge >= 0.3 is 0 Å². The molecule has 0 atom stereocenters. The lowest BCUT2D eigenvalue weighted by atomic mass is 10.4. The molecule has 0 aliphatic carbocycles. The summed E-state index contributed by atoms with van der Waals surface area (Å²) in [6.45, 7) is 1.68. The maximum atomic E-state index is 11.8. The fraction of sp³-hybridized carbons (Fsp3) is 0.500. The minimum Gasteiger partial charge on any atom is -0.370 e. The lowest BCUT2D eigenvalue weighted by Crippen LogP contribution is -2.45. The van der Waals surface area contributed by atoms with Crippen LogP contribution in [0.25, 0.3) is 0 Å². The van der Waals surface area contributed by atoms with Crippen molar-refractivity contribution in [2.45, 2.75) is 4.21 Å². The Labute approximate surface area is 110 Å². The second kappa shape index (κ2) is 5.79. The summed E-state index contributed by atoms with van der Waals surface area (Å²) in [6, 6.07) is 3.23. The van der Waals surface area contributed by atoms with Crippen molar-refractivity contribution >= 4 is 27.3 Å². The molecule has 1 N–H and O–H groups in total. The predicted octanol–water partition coefficient (Wildman–Crippen LogP) is -0.115. The summed E-state index contributed by atoms with van der Waals surface area (Å²) in [5.41, 5.74) is 0. The third-order valence-corrected chi connectivity index (χ3v) is 5.38. The number of sulfonamides is 1. The van der Waals surface area contributed by atoms with Gasteiger partial charge in [-0.1, -0.05) is 6.07 Å². The first kappa shape index (κ1) is 13.5. The molecule has 1 aliphatic rings. The van der Waals surface area contributed by atoms with E-state index in [1.807, 2.05) is 0 Å². The molecule has 1 saturated heterocycles. The lowest BCUT2D eigenvalue weighted by molar-refractivity contribution is -0.142. The molecule has 1 aliphatic heterocycles. The average molecular weight is 290 g/mol. The van der Waals surface area contributed by atoms with Gasteiger partial charge in [0.25, 0.3) is 0 Å². The van der Waals surface area contributed by atoms with Gasteiger partial charge in [-0.2, -0.15) is 0 Å². The highest BCUT2D eigenvalue weighted by atomic mass is 32.2. The fourth-order valence-corrected chi connectivity index (χ4v) is 3.65. The monoisotopic (exact) mass is 290 g/mol. The van der Waals surface area contributed by atoms with Crippen molar-refractivity contribution in [1.82, 2.24) is 9.62 Å². The Bertz CT molecular complexity index is 498. The molecule has 18 heavy (non-hydrogen) atoms. The van der Waals surface area contributed by atoms with E-state index in [1.54, 1.807) is 22.4 Å². The number of carbonyl (C=O) groups excluding carboxylic acids is 1. The number of carbonyl (C=O) groups is 1. The van der Waals surface area contributed by atoms with Gasteiger partial charge in [-0.25, -0.2) is 13.1 Å². The predicted molar refractivity (Wildman–Crippen MR) is 66.9 cm³/mol. The van der Waals surface area contributed by atoms with E-state index in [-0.39, 0.29) is 23.3 Å². The third kappa shape index (κ3) is 3.29. The molecule has 100 valence electrons. The lowest BCUT2D eigenvalue weighted by Gasteiger charge is -2.26. The van der Waals surface area contributed by atoms with Crippen LogP contribution < -0.4 is 4.72 Å². The highest BCUT2D eigenvalue weighted by Crippen LogP contribution is 2.14. The Morgan fingerprint density at radius 2 is 2.33 bits per heavy atom. The van der Waals surface area contributed by atoms with Crippen LogP contribution in [-0.2, 0) is 19.6 Å². The van der Waals surface area contributed by atoms with Crippen LogP contribution in [-0.4, -0.2) is 52.1 Å². The van der Waals surface area contributed by atoms with E-state index < -0.39 is 10.0 Å². The van der Waals surface area contributed by atoms with Crippen LogP contribution in [0.5, 0.6) is 0 Å². The zero-order valence-electron chi connectivity index (χ0n) is 9.66. The quantitative estimate of drug-likeness (QED) is 0.820. The largest absolute Gasteiger partial charge is 0.370 e. The Balaban J connectivity index is 1.83. The Morgan fingerprint density at radius 1 is 1.50 bits per heavy atom. The summed E-state index contributed by atoms with van der Waals surface area (Å²) < 4.78 is 31.3. The Morgan fingerprint density at radius 3 is 3.00 bits per heavy atom. The zero-order valence-corrected chi connectivity index (χ0v) is 11.3. The molecule has 1 fully saturated rings. The van der Waals surface area contributed by atoms with Gasteiger partial charge in [-0.3, -0.25) is 4.79 Å². The van der Waals surface area contributed by atoms with Crippen LogP contribution in [0.3, 0.4) is 0 Å². The van der Waals surface area contributed by atoms with Crippen LogP contribution in [0.4, 0.5) is 0 Å². The van der Waals surface area contributed by atoms with E-state index in [1.165, 1.54) is 11.3 Å². The normalized spacial score (nSPS) is 17.1. The summed E-state index contributed by atoms with van der Waals surface area (Å²) in [4.78, 5) is 13.0. The smallest absolute Gasteiger partial charge is 0.250 e. The minimum absolute atomic E-state index is 0.0810. The fourth-order valence-electron chi connectivity index (χ4n) is 1.59. The molecule has 1 aromatic rings. The molecule has 8 heteroatoms. The van der Waals surface area contributed by atoms with Gasteiger partial charge in [-0.05, 0) is 11.4 Å². The van der Waals surface area contributed by atoms with Crippen LogP contribution in [0, 0.1) is 0 Å². The van der Waals surface area contributed by atoms with Gasteiger partial charge in [0, 0.05) is 19.6 Å². The highest BCUT2D eigenvalue weighted by molar-refractivity contribution is 7.91. The number of nitrogens with zero attached hydrogens (tertiary/aromatic N) is 1. The van der Waals surface area contributed by atoms with E-state index >= 15 is 0 Å². The van der Waals surface area contributed by atoms with E-state index in [4.69, 9.17) is 4.74 Å². The van der Waals surface area contributed by atoms with E-state index in [0.29, 0.717) is 19.7 Å². The number of rotatable bonds is 5. The zero-order chi connectivity index (χ0) is 13.0. The highest BCUT2D eigenvalue weighted by Gasteiger charge is 2.19. The molecule has 0 radical (unpaired) electrons. The number of nitrogens with one attached hydrogen (secondary N) is 1. The maximum Gasteiger partial charge on any atom is 0.250 e. The Hall–Kier alpha value is -0.960. The van der Waals surface area contributed by atoms with E-state index in [0.717, 1.165) is 0 Å². The van der Waals surface area contributed by atoms with Crippen molar-refractivity contribution in [2.24, 2.45) is 0 Å². The standard InChI is InChI=1S/C10H14N2O4S2/c13-9-8-16-6-5-12(9)4-3-11-18(14,15)10-2-1-7-17-10/h1-2,7,11H,3-6,8H2. The average Bonchev–Trinajstić information content (AvgIpc) is 2.86. The SMILES string of the molecule is O=C1COCCN1CCNS(=O)(=O)c1cccs1. The second-order valence-corrected chi connectivity index (χ2v) is 6.70. The molecule has 1 aromatic heterocycles. The first-order chi connectivity index (χ1) is 8.59. The minimum atomic E-state index is -3.44. The third-order valence-electron chi connectivity index (χ3n) is 2.52. The number of ether oxygens (including phenoxy) is 1. The van der Waals surface area contributed by atoms with Crippen molar-refractivity contribution < 1.29 is 17.9 Å². The van der Waals surface area contributed by atoms with E-state index in [2.05, 4.69) is 4.72 Å². The molecule has 0 saturated carbocycles. The molecule has 2 rings (SSSR count). The van der Waals surface area contributed by atoms with Crippen molar-refractivity contribution in [1.29, 1.82) is 0 Å². The molecule has 6 nitrogen and oxygen atoms in total. The summed E-state index contributed by atoms with van der Waals surface area (Å²) in [7, 11) is -3.44. The van der Waals surface area contributed by atoms with Crippen molar-refractivity contribution in [3.8, 4) is 0 Å². The number of morpholine rings is 1. The van der Waals surface area contributed by atoms with Crippen molar-refractivity contribution in [2.75, 3.05) is 32.8 Å². The summed E-state index contributed by atoms with van der Waals surface area (Å²) >= 11 is 1.17. The summed E-state index contributed by atoms with van der Waals surface area (Å²) in [5, 5.41) is 1.71. The van der Waals surface area contributed by atoms with Gasteiger partial charge in [0.05, 0.1) is 6.61 Å². The molecule has 0 bridgehead atoms. The molecule has 0 spiro atoms. The molecule has 2 heterocycles. The first-order valence-corrected chi connectivity index (χ1v) is 7.84. The van der Waals surface area contributed by atoms with Gasteiger partial charge in [0.15, 0.2) is 0 Å². The van der Waals surface area contributed by atoms with Crippen LogP contribution in [0.15, 0.2) is 21.7 Å². The van der Waals surface area contributed by atoms with Gasteiger partial charge < -0.3 is 9.64 Å². The maximum absolute atomic E-state index is 11.8. The van der Waals surface area contributed by atoms with Crippen molar-refractivity contribution in [3.05, 3.63) is 17.5 Å². The number of thiophene rings is 1. The first-order valence-electron chi connectivity index (χ1n) is 5.48. The topological polar surface area (TPSA) is 75.7 Å². The number of hydrogen-bond acceptors (Lipinski definition) is 5. The van der Waals surface area contributed by atoms with Crippen LogP contribution >= 0.6 is 11.3 Å². The molecule has 0 aromatic carbocycles. The van der Waals surface area contributed by atoms with Crippen LogP contribution in [0.2, 0.25) is 0 Å². The Kier molecular flexibility index (Phi) is 4.33. The van der Waals surface area contributed by atoms with Gasteiger partial charge in [0.1, 0.15) is 10.8 Å².